The Bertz CT molecular complexity index is 302. The summed E-state index contributed by atoms with van der Waals surface area (Å²) in [5, 5.41) is 0. The molecule has 95 valence electrons. The summed E-state index contributed by atoms with van der Waals surface area (Å²) in [6.45, 7) is 6.27. The van der Waals surface area contributed by atoms with Gasteiger partial charge >= 0.3 is 0 Å². The van der Waals surface area contributed by atoms with Gasteiger partial charge in [-0.1, -0.05) is 57.9 Å². The molecular formula is C16H24F. The first-order chi connectivity index (χ1) is 8.17. The molecule has 0 aliphatic rings. The molecule has 0 N–H and O–H groups in total. The summed E-state index contributed by atoms with van der Waals surface area (Å²) in [6.07, 6.45) is 4.69. The second-order valence-electron chi connectivity index (χ2n) is 4.79. The van der Waals surface area contributed by atoms with E-state index in [-0.39, 0.29) is 0 Å². The maximum Gasteiger partial charge on any atom is 0.104 e. The maximum absolute atomic E-state index is 13.5. The summed E-state index contributed by atoms with van der Waals surface area (Å²) in [6, 6.07) is 8.64. The summed E-state index contributed by atoms with van der Waals surface area (Å²) in [4.78, 5) is 0. The standard InChI is InChI=1S/C16H24F/c1-4-6-14-8-10-15(11-9-14)13(3)12-16(17)7-5-2/h7-11,13,16H,4-6,12H2,1-3H3. The average Bonchev–Trinajstić information content (AvgIpc) is 2.30. The molecule has 0 heterocycles. The Morgan fingerprint density at radius 2 is 1.82 bits per heavy atom. The quantitative estimate of drug-likeness (QED) is 0.618. The number of aryl methyl sites for hydroxylation is 1. The highest BCUT2D eigenvalue weighted by molar-refractivity contribution is 5.25. The first-order valence-electron chi connectivity index (χ1n) is 6.73. The van der Waals surface area contributed by atoms with Gasteiger partial charge in [-0.3, -0.25) is 0 Å². The third-order valence-corrected chi connectivity index (χ3v) is 3.16. The molecule has 0 aliphatic heterocycles. The Balaban J connectivity index is 2.53. The van der Waals surface area contributed by atoms with Crippen molar-refractivity contribution < 1.29 is 4.39 Å². The van der Waals surface area contributed by atoms with Crippen LogP contribution in [0.25, 0.3) is 0 Å². The zero-order valence-electron chi connectivity index (χ0n) is 11.2. The van der Waals surface area contributed by atoms with E-state index in [0.29, 0.717) is 12.3 Å². The molecule has 1 heteroatoms. The van der Waals surface area contributed by atoms with Gasteiger partial charge in [0.15, 0.2) is 0 Å². The third kappa shape index (κ3) is 4.89. The first-order valence-corrected chi connectivity index (χ1v) is 6.73. The predicted octanol–water partition coefficient (Wildman–Crippen LogP) is 5.09. The smallest absolute Gasteiger partial charge is 0.104 e. The van der Waals surface area contributed by atoms with Gasteiger partial charge in [0.1, 0.15) is 6.17 Å². The molecule has 0 saturated heterocycles. The summed E-state index contributed by atoms with van der Waals surface area (Å²) in [5.74, 6) is 0.295. The van der Waals surface area contributed by atoms with Gasteiger partial charge in [0, 0.05) is 0 Å². The van der Waals surface area contributed by atoms with Crippen LogP contribution in [0.4, 0.5) is 4.39 Å². The fraction of sp³-hybridized carbons (Fsp3) is 0.562. The van der Waals surface area contributed by atoms with Crippen molar-refractivity contribution in [2.45, 2.75) is 58.5 Å². The SMILES string of the molecule is CC[CH]C(F)CC(C)c1ccc(CCC)cc1. The van der Waals surface area contributed by atoms with Gasteiger partial charge < -0.3 is 0 Å². The Labute approximate surface area is 105 Å². The normalized spacial score (nSPS) is 14.6. The van der Waals surface area contributed by atoms with Crippen molar-refractivity contribution in [1.29, 1.82) is 0 Å². The maximum atomic E-state index is 13.5. The minimum absolute atomic E-state index is 0.295. The molecule has 17 heavy (non-hydrogen) atoms. The van der Waals surface area contributed by atoms with Crippen LogP contribution in [0.2, 0.25) is 0 Å². The van der Waals surface area contributed by atoms with Crippen molar-refractivity contribution in [2.75, 3.05) is 0 Å². The highest BCUT2D eigenvalue weighted by atomic mass is 19.1. The topological polar surface area (TPSA) is 0 Å². The molecule has 0 aromatic heterocycles. The largest absolute Gasteiger partial charge is 0.247 e. The van der Waals surface area contributed by atoms with Crippen molar-refractivity contribution in [3.63, 3.8) is 0 Å². The van der Waals surface area contributed by atoms with Gasteiger partial charge in [-0.25, -0.2) is 4.39 Å². The average molecular weight is 235 g/mol. The van der Waals surface area contributed by atoms with Crippen LogP contribution in [0.15, 0.2) is 24.3 Å². The van der Waals surface area contributed by atoms with Crippen LogP contribution in [0.3, 0.4) is 0 Å². The van der Waals surface area contributed by atoms with E-state index in [4.69, 9.17) is 0 Å². The second-order valence-corrected chi connectivity index (χ2v) is 4.79. The zero-order valence-corrected chi connectivity index (χ0v) is 11.2. The molecule has 1 rings (SSSR count). The molecule has 0 nitrogen and oxygen atoms in total. The van der Waals surface area contributed by atoms with Crippen molar-refractivity contribution in [3.8, 4) is 0 Å². The van der Waals surface area contributed by atoms with Crippen LogP contribution in [-0.4, -0.2) is 6.17 Å². The highest BCUT2D eigenvalue weighted by Gasteiger charge is 2.13. The lowest BCUT2D eigenvalue weighted by molar-refractivity contribution is 0.333. The molecule has 0 amide bonds. The molecule has 1 aromatic rings. The molecule has 2 atom stereocenters. The van der Waals surface area contributed by atoms with E-state index in [0.717, 1.165) is 12.8 Å². The summed E-state index contributed by atoms with van der Waals surface area (Å²) < 4.78 is 13.5. The van der Waals surface area contributed by atoms with Gasteiger partial charge in [-0.05, 0) is 36.3 Å². The second kappa shape index (κ2) is 7.47. The zero-order chi connectivity index (χ0) is 12.7. The highest BCUT2D eigenvalue weighted by Crippen LogP contribution is 2.24. The van der Waals surface area contributed by atoms with Crippen LogP contribution in [0.1, 0.15) is 57.1 Å². The Kier molecular flexibility index (Phi) is 6.25. The van der Waals surface area contributed by atoms with Crippen molar-refractivity contribution in [3.05, 3.63) is 41.8 Å². The van der Waals surface area contributed by atoms with Gasteiger partial charge in [0.05, 0.1) is 0 Å². The number of hydrogen-bond donors (Lipinski definition) is 0. The lowest BCUT2D eigenvalue weighted by Gasteiger charge is -2.15. The van der Waals surface area contributed by atoms with Crippen LogP contribution in [0.5, 0.6) is 0 Å². The molecule has 1 radical (unpaired) electrons. The lowest BCUT2D eigenvalue weighted by Crippen LogP contribution is -2.06. The van der Waals surface area contributed by atoms with E-state index in [9.17, 15) is 4.39 Å². The number of halogens is 1. The van der Waals surface area contributed by atoms with Gasteiger partial charge in [-0.2, -0.15) is 0 Å². The van der Waals surface area contributed by atoms with Crippen molar-refractivity contribution in [1.82, 2.24) is 0 Å². The van der Waals surface area contributed by atoms with E-state index >= 15 is 0 Å². The molecule has 0 spiro atoms. The molecule has 0 bridgehead atoms. The molecule has 0 aliphatic carbocycles. The summed E-state index contributed by atoms with van der Waals surface area (Å²) in [7, 11) is 0. The fourth-order valence-electron chi connectivity index (χ4n) is 2.13. The van der Waals surface area contributed by atoms with Crippen LogP contribution >= 0.6 is 0 Å². The van der Waals surface area contributed by atoms with E-state index < -0.39 is 6.17 Å². The summed E-state index contributed by atoms with van der Waals surface area (Å²) in [5.41, 5.74) is 2.62. The fourth-order valence-corrected chi connectivity index (χ4v) is 2.13. The molecule has 0 fully saturated rings. The van der Waals surface area contributed by atoms with Gasteiger partial charge in [0.2, 0.25) is 0 Å². The molecular weight excluding hydrogens is 211 g/mol. The minimum atomic E-state index is -0.773. The summed E-state index contributed by atoms with van der Waals surface area (Å²) >= 11 is 0. The van der Waals surface area contributed by atoms with E-state index in [1.807, 2.05) is 6.92 Å². The third-order valence-electron chi connectivity index (χ3n) is 3.16. The van der Waals surface area contributed by atoms with Crippen LogP contribution in [-0.2, 0) is 6.42 Å². The lowest BCUT2D eigenvalue weighted by atomic mass is 9.93. The molecule has 1 aromatic carbocycles. The van der Waals surface area contributed by atoms with Crippen LogP contribution in [0, 0.1) is 6.42 Å². The minimum Gasteiger partial charge on any atom is -0.247 e. The number of rotatable bonds is 7. The van der Waals surface area contributed by atoms with Crippen LogP contribution < -0.4 is 0 Å². The Morgan fingerprint density at radius 1 is 1.18 bits per heavy atom. The van der Waals surface area contributed by atoms with E-state index in [1.54, 1.807) is 6.42 Å². The van der Waals surface area contributed by atoms with Gasteiger partial charge in [-0.15, -0.1) is 0 Å². The Morgan fingerprint density at radius 3 is 2.35 bits per heavy atom. The Hall–Kier alpha value is -0.850. The van der Waals surface area contributed by atoms with Gasteiger partial charge in [0.25, 0.3) is 0 Å². The number of benzene rings is 1. The molecule has 2 unspecified atom stereocenters. The molecule has 0 saturated carbocycles. The predicted molar refractivity (Wildman–Crippen MR) is 73.0 cm³/mol. The van der Waals surface area contributed by atoms with E-state index in [2.05, 4.69) is 38.1 Å². The van der Waals surface area contributed by atoms with Crippen molar-refractivity contribution >= 4 is 0 Å². The number of hydrogen-bond acceptors (Lipinski definition) is 0. The number of alkyl halides is 1. The van der Waals surface area contributed by atoms with Crippen molar-refractivity contribution in [2.24, 2.45) is 0 Å². The monoisotopic (exact) mass is 235 g/mol. The van der Waals surface area contributed by atoms with E-state index in [1.165, 1.54) is 17.5 Å². The first kappa shape index (κ1) is 14.2.